The van der Waals surface area contributed by atoms with Crippen LogP contribution < -0.4 is 10.9 Å². The minimum atomic E-state index is -0.206. The highest BCUT2D eigenvalue weighted by atomic mass is 16.2. The van der Waals surface area contributed by atoms with Gasteiger partial charge >= 0.3 is 0 Å². The zero-order valence-electron chi connectivity index (χ0n) is 15.5. The van der Waals surface area contributed by atoms with Gasteiger partial charge in [-0.25, -0.2) is 4.68 Å². The van der Waals surface area contributed by atoms with Crippen LogP contribution in [-0.2, 0) is 6.54 Å². The molecular formula is C21H27N3O2. The van der Waals surface area contributed by atoms with E-state index in [1.165, 1.54) is 23.1 Å². The molecule has 0 saturated carbocycles. The SMILES string of the molecule is CCCCn1nc(C(=O)NCCC2=CCCCC2)c2ccccc2c1=O. The molecule has 0 fully saturated rings. The van der Waals surface area contributed by atoms with Crippen molar-refractivity contribution in [2.24, 2.45) is 0 Å². The van der Waals surface area contributed by atoms with Crippen LogP contribution in [0, 0.1) is 0 Å². The molecule has 0 radical (unpaired) electrons. The van der Waals surface area contributed by atoms with Crippen LogP contribution in [0.2, 0.25) is 0 Å². The maximum atomic E-state index is 12.7. The maximum absolute atomic E-state index is 12.7. The Bertz CT molecular complexity index is 867. The number of nitrogens with one attached hydrogen (secondary N) is 1. The number of aromatic nitrogens is 2. The van der Waals surface area contributed by atoms with E-state index in [-0.39, 0.29) is 11.5 Å². The van der Waals surface area contributed by atoms with Gasteiger partial charge in [-0.05, 0) is 44.6 Å². The number of aryl methyl sites for hydroxylation is 1. The first-order chi connectivity index (χ1) is 12.7. The Morgan fingerprint density at radius 2 is 2.04 bits per heavy atom. The van der Waals surface area contributed by atoms with Crippen molar-refractivity contribution >= 4 is 16.7 Å². The molecular weight excluding hydrogens is 326 g/mol. The van der Waals surface area contributed by atoms with E-state index in [1.807, 2.05) is 12.1 Å². The number of unbranched alkanes of at least 4 members (excludes halogenated alkanes) is 1. The van der Waals surface area contributed by atoms with Crippen LogP contribution in [-0.4, -0.2) is 22.2 Å². The first-order valence-corrected chi connectivity index (χ1v) is 9.66. The fourth-order valence-corrected chi connectivity index (χ4v) is 3.41. The number of benzene rings is 1. The van der Waals surface area contributed by atoms with E-state index in [0.29, 0.717) is 29.6 Å². The molecule has 0 saturated heterocycles. The number of carbonyl (C=O) groups is 1. The Labute approximate surface area is 154 Å². The zero-order valence-corrected chi connectivity index (χ0v) is 15.5. The molecule has 1 N–H and O–H groups in total. The van der Waals surface area contributed by atoms with Crippen molar-refractivity contribution < 1.29 is 4.79 Å². The smallest absolute Gasteiger partial charge is 0.274 e. The Hall–Kier alpha value is -2.43. The van der Waals surface area contributed by atoms with Crippen molar-refractivity contribution in [3.8, 4) is 0 Å². The average molecular weight is 353 g/mol. The van der Waals surface area contributed by atoms with Gasteiger partial charge in [0.05, 0.1) is 5.39 Å². The van der Waals surface area contributed by atoms with Gasteiger partial charge in [0.1, 0.15) is 0 Å². The van der Waals surface area contributed by atoms with Gasteiger partial charge in [-0.2, -0.15) is 5.10 Å². The van der Waals surface area contributed by atoms with Crippen molar-refractivity contribution in [2.45, 2.75) is 58.4 Å². The quantitative estimate of drug-likeness (QED) is 0.770. The van der Waals surface area contributed by atoms with Crippen LogP contribution in [0.1, 0.15) is 62.4 Å². The Morgan fingerprint density at radius 3 is 2.77 bits per heavy atom. The van der Waals surface area contributed by atoms with Crippen LogP contribution in [0.5, 0.6) is 0 Å². The van der Waals surface area contributed by atoms with Gasteiger partial charge in [-0.1, -0.05) is 43.2 Å². The molecule has 1 aromatic heterocycles. The Kier molecular flexibility index (Phi) is 6.21. The van der Waals surface area contributed by atoms with Gasteiger partial charge in [0.25, 0.3) is 11.5 Å². The summed E-state index contributed by atoms with van der Waals surface area (Å²) in [5.74, 6) is -0.206. The van der Waals surface area contributed by atoms with Crippen molar-refractivity contribution in [3.05, 3.63) is 52.0 Å². The van der Waals surface area contributed by atoms with Crippen molar-refractivity contribution in [3.63, 3.8) is 0 Å². The summed E-state index contributed by atoms with van der Waals surface area (Å²) in [6, 6.07) is 7.23. The molecule has 2 aromatic rings. The van der Waals surface area contributed by atoms with E-state index in [0.717, 1.165) is 32.1 Å². The molecule has 3 rings (SSSR count). The van der Waals surface area contributed by atoms with Gasteiger partial charge in [0.2, 0.25) is 0 Å². The molecule has 0 spiro atoms. The molecule has 0 atom stereocenters. The molecule has 0 bridgehead atoms. The number of hydrogen-bond acceptors (Lipinski definition) is 3. The molecule has 1 heterocycles. The monoisotopic (exact) mass is 353 g/mol. The number of hydrogen-bond donors (Lipinski definition) is 1. The third kappa shape index (κ3) is 4.21. The summed E-state index contributed by atoms with van der Waals surface area (Å²) < 4.78 is 1.43. The lowest BCUT2D eigenvalue weighted by Crippen LogP contribution is -2.31. The van der Waals surface area contributed by atoms with Gasteiger partial charge < -0.3 is 5.32 Å². The summed E-state index contributed by atoms with van der Waals surface area (Å²) in [6.07, 6.45) is 9.82. The summed E-state index contributed by atoms with van der Waals surface area (Å²) in [5.41, 5.74) is 1.65. The molecule has 1 aliphatic rings. The number of nitrogens with zero attached hydrogens (tertiary/aromatic N) is 2. The second kappa shape index (κ2) is 8.79. The van der Waals surface area contributed by atoms with Gasteiger partial charge in [-0.3, -0.25) is 9.59 Å². The minimum absolute atomic E-state index is 0.127. The molecule has 1 aromatic carbocycles. The number of carbonyl (C=O) groups excluding carboxylic acids is 1. The Balaban J connectivity index is 1.80. The molecule has 26 heavy (non-hydrogen) atoms. The van der Waals surface area contributed by atoms with E-state index >= 15 is 0 Å². The molecule has 0 aliphatic heterocycles. The predicted octanol–water partition coefficient (Wildman–Crippen LogP) is 3.82. The molecule has 0 unspecified atom stereocenters. The highest BCUT2D eigenvalue weighted by Crippen LogP contribution is 2.19. The minimum Gasteiger partial charge on any atom is -0.350 e. The van der Waals surface area contributed by atoms with E-state index < -0.39 is 0 Å². The normalized spacial score (nSPS) is 14.3. The second-order valence-corrected chi connectivity index (χ2v) is 6.89. The van der Waals surface area contributed by atoms with Crippen molar-refractivity contribution in [1.29, 1.82) is 0 Å². The summed E-state index contributed by atoms with van der Waals surface area (Å²) in [4.78, 5) is 25.3. The molecule has 1 aliphatic carbocycles. The predicted molar refractivity (Wildman–Crippen MR) is 104 cm³/mol. The summed E-state index contributed by atoms with van der Waals surface area (Å²) in [6.45, 7) is 3.21. The van der Waals surface area contributed by atoms with E-state index in [1.54, 1.807) is 12.1 Å². The van der Waals surface area contributed by atoms with Crippen LogP contribution in [0.25, 0.3) is 10.8 Å². The largest absolute Gasteiger partial charge is 0.350 e. The molecule has 5 heteroatoms. The van der Waals surface area contributed by atoms with Gasteiger partial charge in [0.15, 0.2) is 5.69 Å². The topological polar surface area (TPSA) is 64.0 Å². The third-order valence-electron chi connectivity index (χ3n) is 4.92. The zero-order chi connectivity index (χ0) is 18.4. The highest BCUT2D eigenvalue weighted by Gasteiger charge is 2.16. The lowest BCUT2D eigenvalue weighted by atomic mass is 9.97. The van der Waals surface area contributed by atoms with Crippen molar-refractivity contribution in [2.75, 3.05) is 6.54 Å². The maximum Gasteiger partial charge on any atom is 0.274 e. The number of rotatable bonds is 7. The average Bonchev–Trinajstić information content (AvgIpc) is 2.68. The van der Waals surface area contributed by atoms with Crippen LogP contribution in [0.4, 0.5) is 0 Å². The molecule has 138 valence electrons. The summed E-state index contributed by atoms with van der Waals surface area (Å²) in [5, 5.41) is 8.54. The fraction of sp³-hybridized carbons (Fsp3) is 0.476. The molecule has 5 nitrogen and oxygen atoms in total. The number of amides is 1. The second-order valence-electron chi connectivity index (χ2n) is 6.89. The number of fused-ring (bicyclic) bond motifs is 1. The van der Waals surface area contributed by atoms with Crippen LogP contribution in [0.3, 0.4) is 0 Å². The first-order valence-electron chi connectivity index (χ1n) is 9.66. The number of allylic oxidation sites excluding steroid dienone is 1. The fourth-order valence-electron chi connectivity index (χ4n) is 3.41. The first kappa shape index (κ1) is 18.4. The van der Waals surface area contributed by atoms with E-state index in [2.05, 4.69) is 23.4 Å². The van der Waals surface area contributed by atoms with Crippen LogP contribution >= 0.6 is 0 Å². The van der Waals surface area contributed by atoms with Crippen LogP contribution in [0.15, 0.2) is 40.7 Å². The summed E-state index contributed by atoms with van der Waals surface area (Å²) >= 11 is 0. The van der Waals surface area contributed by atoms with E-state index in [4.69, 9.17) is 0 Å². The summed E-state index contributed by atoms with van der Waals surface area (Å²) in [7, 11) is 0. The molecule has 1 amide bonds. The highest BCUT2D eigenvalue weighted by molar-refractivity contribution is 6.04. The van der Waals surface area contributed by atoms with Gasteiger partial charge in [0, 0.05) is 18.5 Å². The lowest BCUT2D eigenvalue weighted by Gasteiger charge is -2.14. The Morgan fingerprint density at radius 1 is 1.23 bits per heavy atom. The van der Waals surface area contributed by atoms with Gasteiger partial charge in [-0.15, -0.1) is 0 Å². The van der Waals surface area contributed by atoms with E-state index in [9.17, 15) is 9.59 Å². The van der Waals surface area contributed by atoms with Crippen molar-refractivity contribution in [1.82, 2.24) is 15.1 Å². The standard InChI is InChI=1S/C21H27N3O2/c1-2-3-15-24-21(26)18-12-8-7-11-17(18)19(23-24)20(25)22-14-13-16-9-5-4-6-10-16/h7-9,11-12H,2-6,10,13-15H2,1H3,(H,22,25). The third-order valence-corrected chi connectivity index (χ3v) is 4.92. The lowest BCUT2D eigenvalue weighted by molar-refractivity contribution is 0.0948.